The molecule has 0 aliphatic rings. The van der Waals surface area contributed by atoms with Crippen LogP contribution in [0.15, 0.2) is 109 Å². The van der Waals surface area contributed by atoms with Crippen molar-refractivity contribution in [1.82, 2.24) is 4.98 Å². The van der Waals surface area contributed by atoms with Crippen LogP contribution in [0.3, 0.4) is 0 Å². The molecule has 1 N–H and O–H groups in total. The van der Waals surface area contributed by atoms with Crippen molar-refractivity contribution in [2.45, 2.75) is 5.78 Å². The SMILES string of the molecule is N#Cc1ccc(C(Nc2ccccc2)P(=O)(Oc2ccccc2)Oc2ccccc2)cn1. The summed E-state index contributed by atoms with van der Waals surface area (Å²) in [5, 5.41) is 12.4. The van der Waals surface area contributed by atoms with Crippen molar-refractivity contribution in [2.75, 3.05) is 5.32 Å². The number of para-hydroxylation sites is 3. The molecule has 0 spiro atoms. The minimum Gasteiger partial charge on any atom is -0.414 e. The van der Waals surface area contributed by atoms with Gasteiger partial charge in [0.25, 0.3) is 0 Å². The number of nitriles is 1. The van der Waals surface area contributed by atoms with E-state index in [1.807, 2.05) is 48.5 Å². The number of anilines is 1. The molecular formula is C25H20N3O3P. The van der Waals surface area contributed by atoms with Crippen molar-refractivity contribution in [3.63, 3.8) is 0 Å². The molecule has 32 heavy (non-hydrogen) atoms. The fourth-order valence-electron chi connectivity index (χ4n) is 3.05. The number of hydrogen-bond donors (Lipinski definition) is 1. The Balaban J connectivity index is 1.80. The quantitative estimate of drug-likeness (QED) is 0.318. The number of pyridine rings is 1. The lowest BCUT2D eigenvalue weighted by molar-refractivity contribution is 0.376. The van der Waals surface area contributed by atoms with Gasteiger partial charge in [-0.1, -0.05) is 60.7 Å². The lowest BCUT2D eigenvalue weighted by Crippen LogP contribution is -2.18. The van der Waals surface area contributed by atoms with E-state index >= 15 is 0 Å². The van der Waals surface area contributed by atoms with Gasteiger partial charge in [0.15, 0.2) is 5.78 Å². The van der Waals surface area contributed by atoms with Gasteiger partial charge >= 0.3 is 7.60 Å². The molecule has 0 fully saturated rings. The van der Waals surface area contributed by atoms with Crippen LogP contribution in [-0.4, -0.2) is 4.98 Å². The van der Waals surface area contributed by atoms with E-state index < -0.39 is 13.4 Å². The molecule has 4 rings (SSSR count). The zero-order valence-electron chi connectivity index (χ0n) is 17.0. The van der Waals surface area contributed by atoms with E-state index in [0.717, 1.165) is 5.69 Å². The first-order chi connectivity index (χ1) is 15.7. The first kappa shape index (κ1) is 21.2. The van der Waals surface area contributed by atoms with Crippen LogP contribution < -0.4 is 14.4 Å². The highest BCUT2D eigenvalue weighted by Gasteiger charge is 2.41. The molecule has 0 saturated carbocycles. The van der Waals surface area contributed by atoms with Gasteiger partial charge in [-0.25, -0.2) is 9.55 Å². The van der Waals surface area contributed by atoms with Gasteiger partial charge in [0.2, 0.25) is 0 Å². The Hall–Kier alpha value is -4.07. The third-order valence-corrected chi connectivity index (χ3v) is 6.55. The van der Waals surface area contributed by atoms with Gasteiger partial charge in [-0.3, -0.25) is 0 Å². The number of nitrogens with zero attached hydrogens (tertiary/aromatic N) is 2. The van der Waals surface area contributed by atoms with Gasteiger partial charge in [0.05, 0.1) is 0 Å². The summed E-state index contributed by atoms with van der Waals surface area (Å²) in [5.41, 5.74) is 1.55. The summed E-state index contributed by atoms with van der Waals surface area (Å²) in [7, 11) is -3.92. The molecule has 1 heterocycles. The first-order valence-electron chi connectivity index (χ1n) is 9.93. The summed E-state index contributed by atoms with van der Waals surface area (Å²) in [4.78, 5) is 4.15. The van der Waals surface area contributed by atoms with Crippen LogP contribution in [0.2, 0.25) is 0 Å². The first-order valence-corrected chi connectivity index (χ1v) is 11.5. The van der Waals surface area contributed by atoms with E-state index in [1.165, 1.54) is 6.20 Å². The van der Waals surface area contributed by atoms with Crippen LogP contribution in [0.4, 0.5) is 5.69 Å². The van der Waals surface area contributed by atoms with E-state index in [4.69, 9.17) is 14.3 Å². The molecule has 0 aliphatic carbocycles. The maximum atomic E-state index is 14.4. The number of benzene rings is 3. The highest BCUT2D eigenvalue weighted by atomic mass is 31.2. The third-order valence-electron chi connectivity index (χ3n) is 4.56. The molecular weight excluding hydrogens is 421 g/mol. The van der Waals surface area contributed by atoms with Crippen molar-refractivity contribution in [1.29, 1.82) is 5.26 Å². The zero-order valence-corrected chi connectivity index (χ0v) is 17.9. The summed E-state index contributed by atoms with van der Waals surface area (Å²) in [6.07, 6.45) is 1.51. The van der Waals surface area contributed by atoms with Crippen molar-refractivity contribution in [2.24, 2.45) is 0 Å². The second-order valence-corrected chi connectivity index (χ2v) is 8.81. The van der Waals surface area contributed by atoms with Gasteiger partial charge in [-0.05, 0) is 42.5 Å². The van der Waals surface area contributed by atoms with Crippen molar-refractivity contribution in [3.05, 3.63) is 121 Å². The monoisotopic (exact) mass is 441 g/mol. The molecule has 4 aromatic rings. The van der Waals surface area contributed by atoms with Crippen LogP contribution in [0, 0.1) is 11.3 Å². The Morgan fingerprint density at radius 3 is 1.78 bits per heavy atom. The molecule has 6 nitrogen and oxygen atoms in total. The average Bonchev–Trinajstić information content (AvgIpc) is 2.84. The second kappa shape index (κ2) is 9.82. The fourth-order valence-corrected chi connectivity index (χ4v) is 4.96. The lowest BCUT2D eigenvalue weighted by atomic mass is 10.2. The van der Waals surface area contributed by atoms with Crippen LogP contribution in [0.1, 0.15) is 17.0 Å². The van der Waals surface area contributed by atoms with Gasteiger partial charge in [-0.15, -0.1) is 0 Å². The maximum absolute atomic E-state index is 14.4. The summed E-state index contributed by atoms with van der Waals surface area (Å²) >= 11 is 0. The number of hydrogen-bond acceptors (Lipinski definition) is 6. The maximum Gasteiger partial charge on any atom is 0.457 e. The zero-order chi connectivity index (χ0) is 22.2. The molecule has 0 amide bonds. The molecule has 1 unspecified atom stereocenters. The molecule has 7 heteroatoms. The number of nitrogens with one attached hydrogen (secondary N) is 1. The van der Waals surface area contributed by atoms with Gasteiger partial charge in [0.1, 0.15) is 23.3 Å². The Morgan fingerprint density at radius 2 is 1.31 bits per heavy atom. The van der Waals surface area contributed by atoms with E-state index in [2.05, 4.69) is 10.3 Å². The Morgan fingerprint density at radius 1 is 0.781 bits per heavy atom. The highest BCUT2D eigenvalue weighted by molar-refractivity contribution is 7.55. The molecule has 158 valence electrons. The average molecular weight is 441 g/mol. The number of rotatable bonds is 8. The Bertz CT molecular complexity index is 1180. The van der Waals surface area contributed by atoms with Crippen LogP contribution >= 0.6 is 7.60 Å². The molecule has 0 saturated heterocycles. The normalized spacial score (nSPS) is 11.7. The van der Waals surface area contributed by atoms with Crippen LogP contribution in [-0.2, 0) is 4.57 Å². The minimum atomic E-state index is -3.92. The molecule has 0 radical (unpaired) electrons. The van der Waals surface area contributed by atoms with E-state index in [9.17, 15) is 4.57 Å². The van der Waals surface area contributed by atoms with Crippen molar-refractivity contribution in [3.8, 4) is 17.6 Å². The molecule has 3 aromatic carbocycles. The lowest BCUT2D eigenvalue weighted by Gasteiger charge is -2.29. The van der Waals surface area contributed by atoms with Crippen LogP contribution in [0.5, 0.6) is 11.5 Å². The molecule has 1 atom stereocenters. The Labute approximate surface area is 186 Å². The van der Waals surface area contributed by atoms with Crippen molar-refractivity contribution >= 4 is 13.3 Å². The highest BCUT2D eigenvalue weighted by Crippen LogP contribution is 2.60. The molecule has 0 bridgehead atoms. The largest absolute Gasteiger partial charge is 0.457 e. The predicted octanol–water partition coefficient (Wildman–Crippen LogP) is 6.42. The molecule has 1 aromatic heterocycles. The third kappa shape index (κ3) is 5.15. The summed E-state index contributed by atoms with van der Waals surface area (Å²) in [6.45, 7) is 0. The predicted molar refractivity (Wildman–Crippen MR) is 124 cm³/mol. The van der Waals surface area contributed by atoms with E-state index in [-0.39, 0.29) is 5.69 Å². The van der Waals surface area contributed by atoms with Crippen molar-refractivity contribution < 1.29 is 13.6 Å². The minimum absolute atomic E-state index is 0.259. The van der Waals surface area contributed by atoms with Crippen LogP contribution in [0.25, 0.3) is 0 Å². The van der Waals surface area contributed by atoms with E-state index in [0.29, 0.717) is 17.1 Å². The van der Waals surface area contributed by atoms with Gasteiger partial charge < -0.3 is 14.4 Å². The Kier molecular flexibility index (Phi) is 6.50. The topological polar surface area (TPSA) is 84.2 Å². The van der Waals surface area contributed by atoms with Gasteiger partial charge in [-0.2, -0.15) is 5.26 Å². The standard InChI is InChI=1S/C25H20N3O3P/c26-18-22-17-16-20(19-27-22)25(28-21-10-4-1-5-11-21)32(29,30-23-12-6-2-7-13-23)31-24-14-8-3-9-15-24/h1-17,19,25,28H. The molecule has 0 aliphatic heterocycles. The number of aromatic nitrogens is 1. The summed E-state index contributed by atoms with van der Waals surface area (Å²) in [5.74, 6) is -0.0768. The summed E-state index contributed by atoms with van der Waals surface area (Å²) < 4.78 is 26.5. The second-order valence-electron chi connectivity index (χ2n) is 6.85. The smallest absolute Gasteiger partial charge is 0.414 e. The fraction of sp³-hybridized carbons (Fsp3) is 0.0400. The van der Waals surface area contributed by atoms with E-state index in [1.54, 1.807) is 60.7 Å². The summed E-state index contributed by atoms with van der Waals surface area (Å²) in [6, 6.07) is 32.4. The van der Waals surface area contributed by atoms with Gasteiger partial charge in [0, 0.05) is 17.4 Å².